The molecule has 0 aliphatic carbocycles. The lowest BCUT2D eigenvalue weighted by molar-refractivity contribution is 0.238. The molecule has 26 heavy (non-hydrogen) atoms. The van der Waals surface area contributed by atoms with Gasteiger partial charge in [-0.25, -0.2) is 0 Å². The van der Waals surface area contributed by atoms with Crippen molar-refractivity contribution in [3.8, 4) is 0 Å². The van der Waals surface area contributed by atoms with Crippen LogP contribution in [-0.2, 0) is 4.43 Å². The average molecular weight is 369 g/mol. The number of allylic oxidation sites excluding steroid dienone is 1. The first-order valence-corrected chi connectivity index (χ1v) is 11.3. The molecule has 0 spiro atoms. The number of rotatable bonds is 8. The van der Waals surface area contributed by atoms with Crippen molar-refractivity contribution in [2.75, 3.05) is 13.2 Å². The van der Waals surface area contributed by atoms with Crippen molar-refractivity contribution in [2.45, 2.75) is 39.2 Å². The van der Waals surface area contributed by atoms with Gasteiger partial charge in [0.15, 0.2) is 0 Å². The van der Waals surface area contributed by atoms with Crippen LogP contribution in [0.3, 0.4) is 0 Å². The van der Waals surface area contributed by atoms with Gasteiger partial charge >= 0.3 is 0 Å². The van der Waals surface area contributed by atoms with Gasteiger partial charge in [-0.2, -0.15) is 0 Å². The number of aliphatic hydroxyl groups is 1. The van der Waals surface area contributed by atoms with Crippen LogP contribution < -0.4 is 10.4 Å². The molecule has 0 radical (unpaired) electrons. The zero-order chi connectivity index (χ0) is 19.0. The van der Waals surface area contributed by atoms with Crippen LogP contribution in [0.4, 0.5) is 0 Å². The summed E-state index contributed by atoms with van der Waals surface area (Å²) in [6.45, 7) is 9.73. The molecular formula is C23H32O2Si. The van der Waals surface area contributed by atoms with Gasteiger partial charge in [-0.15, -0.1) is 0 Å². The summed E-state index contributed by atoms with van der Waals surface area (Å²) in [5.41, 5.74) is 0. The van der Waals surface area contributed by atoms with Crippen molar-refractivity contribution in [1.82, 2.24) is 0 Å². The first-order chi connectivity index (χ1) is 12.4. The first kappa shape index (κ1) is 20.6. The Morgan fingerprint density at radius 1 is 0.923 bits per heavy atom. The molecule has 0 aliphatic rings. The maximum absolute atomic E-state index is 9.17. The molecule has 2 aromatic carbocycles. The van der Waals surface area contributed by atoms with Crippen LogP contribution in [-0.4, -0.2) is 26.6 Å². The molecular weight excluding hydrogens is 336 g/mol. The van der Waals surface area contributed by atoms with Gasteiger partial charge in [0.2, 0.25) is 0 Å². The molecule has 2 nitrogen and oxygen atoms in total. The normalized spacial score (nSPS) is 13.9. The number of benzene rings is 2. The van der Waals surface area contributed by atoms with Crippen LogP contribution in [0.15, 0.2) is 72.8 Å². The van der Waals surface area contributed by atoms with Crippen molar-refractivity contribution < 1.29 is 9.53 Å². The summed E-state index contributed by atoms with van der Waals surface area (Å²) in [4.78, 5) is 0. The second-order valence-corrected chi connectivity index (χ2v) is 12.3. The summed E-state index contributed by atoms with van der Waals surface area (Å²) in [5, 5.41) is 11.8. The van der Waals surface area contributed by atoms with E-state index in [-0.39, 0.29) is 11.6 Å². The zero-order valence-corrected chi connectivity index (χ0v) is 17.5. The molecule has 0 heterocycles. The summed E-state index contributed by atoms with van der Waals surface area (Å²) >= 11 is 0. The van der Waals surface area contributed by atoms with E-state index in [2.05, 4.69) is 93.6 Å². The Morgan fingerprint density at radius 3 is 1.85 bits per heavy atom. The molecule has 0 aromatic heterocycles. The molecule has 2 rings (SSSR count). The Morgan fingerprint density at radius 2 is 1.42 bits per heavy atom. The molecule has 0 saturated carbocycles. The van der Waals surface area contributed by atoms with Gasteiger partial charge < -0.3 is 9.53 Å². The minimum atomic E-state index is -2.44. The van der Waals surface area contributed by atoms with E-state index in [1.807, 2.05) is 6.92 Å². The fourth-order valence-corrected chi connectivity index (χ4v) is 7.91. The number of hydrogen-bond acceptors (Lipinski definition) is 2. The largest absolute Gasteiger partial charge is 0.404 e. The second-order valence-electron chi connectivity index (χ2n) is 7.97. The fourth-order valence-electron chi connectivity index (χ4n) is 3.41. The van der Waals surface area contributed by atoms with Crippen LogP contribution in [0.25, 0.3) is 0 Å². The third-order valence-corrected chi connectivity index (χ3v) is 9.83. The average Bonchev–Trinajstić information content (AvgIpc) is 2.65. The van der Waals surface area contributed by atoms with Gasteiger partial charge in [0.1, 0.15) is 0 Å². The topological polar surface area (TPSA) is 29.5 Å². The summed E-state index contributed by atoms with van der Waals surface area (Å²) in [5.74, 6) is 0.291. The molecule has 2 aromatic rings. The summed E-state index contributed by atoms with van der Waals surface area (Å²) in [6, 6.07) is 21.4. The fraction of sp³-hybridized carbons (Fsp3) is 0.391. The first-order valence-electron chi connectivity index (χ1n) is 9.42. The van der Waals surface area contributed by atoms with Gasteiger partial charge in [-0.05, 0) is 27.8 Å². The van der Waals surface area contributed by atoms with E-state index in [4.69, 9.17) is 9.53 Å². The van der Waals surface area contributed by atoms with Gasteiger partial charge in [-0.1, -0.05) is 101 Å². The molecule has 1 atom stereocenters. The van der Waals surface area contributed by atoms with E-state index < -0.39 is 8.32 Å². The predicted molar refractivity (Wildman–Crippen MR) is 114 cm³/mol. The minimum absolute atomic E-state index is 0.00192. The predicted octanol–water partition coefficient (Wildman–Crippen LogP) is 4.14. The quantitative estimate of drug-likeness (QED) is 0.560. The van der Waals surface area contributed by atoms with Crippen LogP contribution in [0.5, 0.6) is 0 Å². The molecule has 0 amide bonds. The third-order valence-electron chi connectivity index (χ3n) is 4.83. The van der Waals surface area contributed by atoms with Crippen LogP contribution in [0.2, 0.25) is 5.04 Å². The molecule has 0 aliphatic heterocycles. The highest BCUT2D eigenvalue weighted by molar-refractivity contribution is 6.99. The highest BCUT2D eigenvalue weighted by Gasteiger charge is 2.49. The number of hydrogen-bond donors (Lipinski definition) is 1. The van der Waals surface area contributed by atoms with Crippen molar-refractivity contribution in [3.63, 3.8) is 0 Å². The third kappa shape index (κ3) is 4.73. The van der Waals surface area contributed by atoms with Crippen molar-refractivity contribution in [3.05, 3.63) is 72.8 Å². The summed E-state index contributed by atoms with van der Waals surface area (Å²) < 4.78 is 6.77. The highest BCUT2D eigenvalue weighted by Crippen LogP contribution is 2.36. The summed E-state index contributed by atoms with van der Waals surface area (Å²) in [6.07, 6.45) is 5.10. The number of aliphatic hydroxyl groups excluding tert-OH is 1. The summed E-state index contributed by atoms with van der Waals surface area (Å²) in [7, 11) is -2.44. The lowest BCUT2D eigenvalue weighted by atomic mass is 10.1. The molecule has 3 heteroatoms. The van der Waals surface area contributed by atoms with Crippen LogP contribution in [0, 0.1) is 5.92 Å². The van der Waals surface area contributed by atoms with E-state index >= 15 is 0 Å². The lowest BCUT2D eigenvalue weighted by Crippen LogP contribution is -2.66. The Bertz CT molecular complexity index is 635. The Hall–Kier alpha value is -1.68. The van der Waals surface area contributed by atoms with Crippen molar-refractivity contribution in [1.29, 1.82) is 0 Å². The van der Waals surface area contributed by atoms with E-state index in [0.717, 1.165) is 6.42 Å². The smallest absolute Gasteiger partial charge is 0.261 e. The highest BCUT2D eigenvalue weighted by atomic mass is 28.4. The second kappa shape index (κ2) is 9.31. The lowest BCUT2D eigenvalue weighted by Gasteiger charge is -2.42. The van der Waals surface area contributed by atoms with Crippen molar-refractivity contribution in [2.24, 2.45) is 5.92 Å². The molecule has 1 N–H and O–H groups in total. The maximum Gasteiger partial charge on any atom is 0.261 e. The van der Waals surface area contributed by atoms with Crippen LogP contribution >= 0.6 is 0 Å². The Kier molecular flexibility index (Phi) is 7.39. The van der Waals surface area contributed by atoms with Gasteiger partial charge in [0, 0.05) is 6.61 Å². The SMILES string of the molecule is C[C@H](CO)CC=CCO[Si](c1ccccc1)(c1ccccc1)C(C)(C)C. The van der Waals surface area contributed by atoms with Gasteiger partial charge in [-0.3, -0.25) is 0 Å². The zero-order valence-electron chi connectivity index (χ0n) is 16.5. The molecule has 0 bridgehead atoms. The van der Waals surface area contributed by atoms with Gasteiger partial charge in [0.25, 0.3) is 8.32 Å². The Labute approximate surface area is 159 Å². The van der Waals surface area contributed by atoms with Gasteiger partial charge in [0.05, 0.1) is 6.61 Å². The Balaban J connectivity index is 2.38. The molecule has 0 saturated heterocycles. The van der Waals surface area contributed by atoms with E-state index in [0.29, 0.717) is 12.5 Å². The monoisotopic (exact) mass is 368 g/mol. The van der Waals surface area contributed by atoms with E-state index in [1.54, 1.807) is 0 Å². The van der Waals surface area contributed by atoms with E-state index in [9.17, 15) is 0 Å². The van der Waals surface area contributed by atoms with Crippen LogP contribution in [0.1, 0.15) is 34.1 Å². The molecule has 0 unspecified atom stereocenters. The molecule has 140 valence electrons. The van der Waals surface area contributed by atoms with Crippen molar-refractivity contribution >= 4 is 18.7 Å². The standard InChI is InChI=1S/C23H32O2Si/c1-20(19-24)13-11-12-18-25-26(23(2,3)4,21-14-7-5-8-15-21)22-16-9-6-10-17-22/h5-12,14-17,20,24H,13,18-19H2,1-4H3/t20-/m0/s1. The van der Waals surface area contributed by atoms with E-state index in [1.165, 1.54) is 10.4 Å². The maximum atomic E-state index is 9.17. The molecule has 0 fully saturated rings. The minimum Gasteiger partial charge on any atom is -0.404 e.